The van der Waals surface area contributed by atoms with E-state index in [1.807, 2.05) is 18.2 Å². The largest absolute Gasteiger partial charge is 0.493 e. The monoisotopic (exact) mass is 264 g/mol. The molecule has 2 rings (SSSR count). The summed E-state index contributed by atoms with van der Waals surface area (Å²) in [5.41, 5.74) is 0.794. The molecular formula is C16H24O3. The van der Waals surface area contributed by atoms with Crippen LogP contribution in [0.25, 0.3) is 0 Å². The SMILES string of the molecule is COc1cccc(CO)c1OCCC1CCCCC1. The van der Waals surface area contributed by atoms with Gasteiger partial charge in [-0.25, -0.2) is 0 Å². The maximum atomic E-state index is 9.35. The molecule has 19 heavy (non-hydrogen) atoms. The minimum atomic E-state index is -0.0179. The van der Waals surface area contributed by atoms with E-state index >= 15 is 0 Å². The minimum absolute atomic E-state index is 0.0179. The fourth-order valence-electron chi connectivity index (χ4n) is 2.81. The van der Waals surface area contributed by atoms with E-state index < -0.39 is 0 Å². The molecule has 3 nitrogen and oxygen atoms in total. The topological polar surface area (TPSA) is 38.7 Å². The van der Waals surface area contributed by atoms with Gasteiger partial charge < -0.3 is 14.6 Å². The van der Waals surface area contributed by atoms with E-state index in [-0.39, 0.29) is 6.61 Å². The number of aliphatic hydroxyl groups excluding tert-OH is 1. The lowest BCUT2D eigenvalue weighted by Gasteiger charge is -2.22. The number of hydrogen-bond donors (Lipinski definition) is 1. The van der Waals surface area contributed by atoms with Gasteiger partial charge in [0.15, 0.2) is 11.5 Å². The number of benzene rings is 1. The van der Waals surface area contributed by atoms with Gasteiger partial charge in [-0.2, -0.15) is 0 Å². The number of methoxy groups -OCH3 is 1. The highest BCUT2D eigenvalue weighted by Gasteiger charge is 2.15. The summed E-state index contributed by atoms with van der Waals surface area (Å²) >= 11 is 0. The van der Waals surface area contributed by atoms with Crippen LogP contribution in [0.15, 0.2) is 18.2 Å². The van der Waals surface area contributed by atoms with Crippen LogP contribution in [-0.2, 0) is 6.61 Å². The van der Waals surface area contributed by atoms with E-state index in [0.29, 0.717) is 18.1 Å². The zero-order valence-corrected chi connectivity index (χ0v) is 11.7. The molecule has 1 saturated carbocycles. The highest BCUT2D eigenvalue weighted by atomic mass is 16.5. The van der Waals surface area contributed by atoms with Gasteiger partial charge in [0.05, 0.1) is 20.3 Å². The van der Waals surface area contributed by atoms with Crippen molar-refractivity contribution >= 4 is 0 Å². The highest BCUT2D eigenvalue weighted by Crippen LogP contribution is 2.32. The summed E-state index contributed by atoms with van der Waals surface area (Å²) in [5, 5.41) is 9.35. The molecule has 106 valence electrons. The fourth-order valence-corrected chi connectivity index (χ4v) is 2.81. The highest BCUT2D eigenvalue weighted by molar-refractivity contribution is 5.46. The predicted molar refractivity (Wildman–Crippen MR) is 75.6 cm³/mol. The Morgan fingerprint density at radius 2 is 2.00 bits per heavy atom. The van der Waals surface area contributed by atoms with Gasteiger partial charge in [0.25, 0.3) is 0 Å². The van der Waals surface area contributed by atoms with Crippen molar-refractivity contribution in [1.29, 1.82) is 0 Å². The van der Waals surface area contributed by atoms with Gasteiger partial charge in [-0.05, 0) is 18.4 Å². The Hall–Kier alpha value is -1.22. The van der Waals surface area contributed by atoms with Gasteiger partial charge in [-0.3, -0.25) is 0 Å². The first-order valence-corrected chi connectivity index (χ1v) is 7.24. The lowest BCUT2D eigenvalue weighted by molar-refractivity contribution is 0.226. The first-order chi connectivity index (χ1) is 9.35. The normalized spacial score (nSPS) is 16.3. The summed E-state index contributed by atoms with van der Waals surface area (Å²) in [7, 11) is 1.63. The summed E-state index contributed by atoms with van der Waals surface area (Å²) in [6.45, 7) is 0.688. The molecule has 3 heteroatoms. The summed E-state index contributed by atoms with van der Waals surface area (Å²) in [5.74, 6) is 2.21. The van der Waals surface area contributed by atoms with Crippen molar-refractivity contribution in [2.75, 3.05) is 13.7 Å². The summed E-state index contributed by atoms with van der Waals surface area (Å²) in [6.07, 6.45) is 7.88. The van der Waals surface area contributed by atoms with Gasteiger partial charge in [0.2, 0.25) is 0 Å². The quantitative estimate of drug-likeness (QED) is 0.854. The molecule has 0 unspecified atom stereocenters. The second-order valence-electron chi connectivity index (χ2n) is 5.25. The second kappa shape index (κ2) is 7.39. The van der Waals surface area contributed by atoms with Crippen molar-refractivity contribution in [2.24, 2.45) is 5.92 Å². The second-order valence-corrected chi connectivity index (χ2v) is 5.25. The van der Waals surface area contributed by atoms with Crippen LogP contribution in [0.1, 0.15) is 44.1 Å². The Morgan fingerprint density at radius 1 is 1.21 bits per heavy atom. The third-order valence-electron chi connectivity index (χ3n) is 3.95. The van der Waals surface area contributed by atoms with Gasteiger partial charge >= 0.3 is 0 Å². The molecule has 0 aromatic heterocycles. The molecule has 1 aliphatic rings. The first kappa shape index (κ1) is 14.2. The molecule has 1 aromatic rings. The van der Waals surface area contributed by atoms with Crippen molar-refractivity contribution in [2.45, 2.75) is 45.1 Å². The first-order valence-electron chi connectivity index (χ1n) is 7.24. The van der Waals surface area contributed by atoms with Crippen LogP contribution in [0, 0.1) is 5.92 Å². The van der Waals surface area contributed by atoms with E-state index in [1.165, 1.54) is 32.1 Å². The van der Waals surface area contributed by atoms with E-state index in [1.54, 1.807) is 7.11 Å². The lowest BCUT2D eigenvalue weighted by atomic mass is 9.87. The van der Waals surface area contributed by atoms with Gasteiger partial charge in [0.1, 0.15) is 0 Å². The molecular weight excluding hydrogens is 240 g/mol. The Balaban J connectivity index is 1.90. The fraction of sp³-hybridized carbons (Fsp3) is 0.625. The smallest absolute Gasteiger partial charge is 0.166 e. The van der Waals surface area contributed by atoms with Gasteiger partial charge in [-0.1, -0.05) is 44.2 Å². The predicted octanol–water partition coefficient (Wildman–Crippen LogP) is 3.54. The maximum absolute atomic E-state index is 9.35. The average molecular weight is 264 g/mol. The third kappa shape index (κ3) is 3.87. The maximum Gasteiger partial charge on any atom is 0.166 e. The Bertz CT molecular complexity index is 361. The summed E-state index contributed by atoms with van der Waals surface area (Å²) in [4.78, 5) is 0. The molecule has 1 aromatic carbocycles. The van der Waals surface area contributed by atoms with Crippen LogP contribution < -0.4 is 9.47 Å². The molecule has 1 fully saturated rings. The van der Waals surface area contributed by atoms with Crippen LogP contribution in [0.2, 0.25) is 0 Å². The molecule has 1 N–H and O–H groups in total. The molecule has 0 heterocycles. The number of rotatable bonds is 6. The van der Waals surface area contributed by atoms with Crippen LogP contribution in [0.3, 0.4) is 0 Å². The van der Waals surface area contributed by atoms with Crippen LogP contribution >= 0.6 is 0 Å². The molecule has 0 atom stereocenters. The van der Waals surface area contributed by atoms with Crippen LogP contribution in [0.5, 0.6) is 11.5 Å². The minimum Gasteiger partial charge on any atom is -0.493 e. The standard InChI is InChI=1S/C16H24O3/c1-18-15-9-5-8-14(12-17)16(15)19-11-10-13-6-3-2-4-7-13/h5,8-9,13,17H,2-4,6-7,10-12H2,1H3. The zero-order chi connectivity index (χ0) is 13.5. The Kier molecular flexibility index (Phi) is 5.52. The number of ether oxygens (including phenoxy) is 2. The van der Waals surface area contributed by atoms with Crippen LogP contribution in [-0.4, -0.2) is 18.8 Å². The van der Waals surface area contributed by atoms with E-state index in [0.717, 1.165) is 17.9 Å². The van der Waals surface area contributed by atoms with E-state index in [4.69, 9.17) is 9.47 Å². The molecule has 1 aliphatic carbocycles. The van der Waals surface area contributed by atoms with E-state index in [2.05, 4.69) is 0 Å². The van der Waals surface area contributed by atoms with Crippen LogP contribution in [0.4, 0.5) is 0 Å². The third-order valence-corrected chi connectivity index (χ3v) is 3.95. The summed E-state index contributed by atoms with van der Waals surface area (Å²) in [6, 6.07) is 5.62. The van der Waals surface area contributed by atoms with Gasteiger partial charge in [0, 0.05) is 5.56 Å². The lowest BCUT2D eigenvalue weighted by Crippen LogP contribution is -2.11. The molecule has 0 saturated heterocycles. The molecule has 0 amide bonds. The Labute approximate surface area is 115 Å². The molecule has 0 aliphatic heterocycles. The van der Waals surface area contributed by atoms with Crippen molar-refractivity contribution in [3.63, 3.8) is 0 Å². The molecule has 0 radical (unpaired) electrons. The molecule has 0 bridgehead atoms. The number of para-hydroxylation sites is 1. The van der Waals surface area contributed by atoms with Gasteiger partial charge in [-0.15, -0.1) is 0 Å². The number of hydrogen-bond acceptors (Lipinski definition) is 3. The number of aliphatic hydroxyl groups is 1. The zero-order valence-electron chi connectivity index (χ0n) is 11.7. The molecule has 0 spiro atoms. The van der Waals surface area contributed by atoms with Crippen molar-refractivity contribution < 1.29 is 14.6 Å². The van der Waals surface area contributed by atoms with Crippen molar-refractivity contribution in [1.82, 2.24) is 0 Å². The average Bonchev–Trinajstić information content (AvgIpc) is 2.48. The summed E-state index contributed by atoms with van der Waals surface area (Å²) < 4.78 is 11.2. The Morgan fingerprint density at radius 3 is 2.68 bits per heavy atom. The van der Waals surface area contributed by atoms with E-state index in [9.17, 15) is 5.11 Å². The van der Waals surface area contributed by atoms with Crippen molar-refractivity contribution in [3.05, 3.63) is 23.8 Å². The van der Waals surface area contributed by atoms with Crippen molar-refractivity contribution in [3.8, 4) is 11.5 Å².